The number of benzene rings is 1. The largest absolute Gasteiger partial charge is 0.324 e. The van der Waals surface area contributed by atoms with Crippen LogP contribution in [-0.4, -0.2) is 26.9 Å². The zero-order valence-electron chi connectivity index (χ0n) is 11.9. The quantitative estimate of drug-likeness (QED) is 0.770. The Bertz CT molecular complexity index is 594. The minimum Gasteiger partial charge on any atom is -0.324 e. The highest BCUT2D eigenvalue weighted by Gasteiger charge is 2.23. The molecular weight excluding hydrogens is 302 g/mol. The molecule has 4 N–H and O–H groups in total. The molecule has 0 spiro atoms. The third-order valence-electron chi connectivity index (χ3n) is 2.68. The van der Waals surface area contributed by atoms with E-state index in [2.05, 4.69) is 10.0 Å². The van der Waals surface area contributed by atoms with Crippen molar-refractivity contribution < 1.29 is 13.2 Å². The predicted octanol–water partition coefficient (Wildman–Crippen LogP) is 1.00. The summed E-state index contributed by atoms with van der Waals surface area (Å²) in [5.74, 6) is -0.380. The van der Waals surface area contributed by atoms with Gasteiger partial charge in [-0.05, 0) is 45.5 Å². The fourth-order valence-electron chi connectivity index (χ4n) is 1.43. The molecule has 6 nitrogen and oxygen atoms in total. The molecule has 0 aliphatic heterocycles. The first-order valence-electron chi connectivity index (χ1n) is 5.73. The van der Waals surface area contributed by atoms with Crippen LogP contribution in [0.1, 0.15) is 19.4 Å². The molecule has 1 aromatic carbocycles. The molecule has 0 unspecified atom stereocenters. The molecule has 0 aliphatic rings. The molecule has 0 saturated heterocycles. The summed E-state index contributed by atoms with van der Waals surface area (Å²) in [6.45, 7) is 4.78. The van der Waals surface area contributed by atoms with E-state index in [1.807, 2.05) is 0 Å². The van der Waals surface area contributed by atoms with Crippen LogP contribution in [-0.2, 0) is 14.8 Å². The Morgan fingerprint density at radius 2 is 1.85 bits per heavy atom. The molecule has 1 aromatic rings. The summed E-state index contributed by atoms with van der Waals surface area (Å²) in [4.78, 5) is 11.9. The van der Waals surface area contributed by atoms with Crippen LogP contribution in [0.4, 0.5) is 5.69 Å². The molecule has 1 rings (SSSR count). The second kappa shape index (κ2) is 6.53. The number of hydrogen-bond donors (Lipinski definition) is 3. The Kier molecular flexibility index (Phi) is 6.16. The average Bonchev–Trinajstić information content (AvgIpc) is 2.30. The Balaban J connectivity index is 0.00000361. The van der Waals surface area contributed by atoms with Crippen molar-refractivity contribution in [3.63, 3.8) is 0 Å². The number of rotatable bonds is 4. The monoisotopic (exact) mass is 321 g/mol. The van der Waals surface area contributed by atoms with Crippen LogP contribution in [0.25, 0.3) is 0 Å². The topological polar surface area (TPSA) is 101 Å². The zero-order chi connectivity index (χ0) is 14.8. The number of halogens is 1. The first-order chi connectivity index (χ1) is 8.59. The van der Waals surface area contributed by atoms with Gasteiger partial charge >= 0.3 is 0 Å². The second-order valence-corrected chi connectivity index (χ2v) is 6.67. The lowest BCUT2D eigenvalue weighted by Gasteiger charge is -2.19. The fourth-order valence-corrected chi connectivity index (χ4v) is 2.43. The summed E-state index contributed by atoms with van der Waals surface area (Å²) in [7, 11) is -2.22. The Hall–Kier alpha value is -1.15. The zero-order valence-corrected chi connectivity index (χ0v) is 13.5. The van der Waals surface area contributed by atoms with Gasteiger partial charge in [-0.2, -0.15) is 0 Å². The summed E-state index contributed by atoms with van der Waals surface area (Å²) in [6.07, 6.45) is 0. The second-order valence-electron chi connectivity index (χ2n) is 4.81. The highest BCUT2D eigenvalue weighted by Crippen LogP contribution is 2.23. The molecule has 20 heavy (non-hydrogen) atoms. The van der Waals surface area contributed by atoms with Crippen LogP contribution in [0.2, 0.25) is 0 Å². The third kappa shape index (κ3) is 4.17. The minimum atomic E-state index is -3.56. The van der Waals surface area contributed by atoms with Crippen molar-refractivity contribution in [3.05, 3.63) is 23.8 Å². The van der Waals surface area contributed by atoms with Gasteiger partial charge in [0.05, 0.1) is 10.4 Å². The first kappa shape index (κ1) is 18.9. The maximum Gasteiger partial charge on any atom is 0.243 e. The van der Waals surface area contributed by atoms with Gasteiger partial charge < -0.3 is 11.1 Å². The van der Waals surface area contributed by atoms with E-state index in [9.17, 15) is 13.2 Å². The van der Waals surface area contributed by atoms with Crippen molar-refractivity contribution >= 4 is 34.0 Å². The molecule has 0 radical (unpaired) electrons. The van der Waals surface area contributed by atoms with E-state index in [1.165, 1.54) is 13.1 Å². The summed E-state index contributed by atoms with van der Waals surface area (Å²) >= 11 is 0. The number of carbonyl (C=O) groups excluding carboxylic acids is 1. The standard InChI is InChI=1S/C12H19N3O3S.ClH/c1-8-9(15-11(16)12(2,3)13)6-5-7-10(8)19(17,18)14-4;/h5-7,14H,13H2,1-4H3,(H,15,16);1H. The van der Waals surface area contributed by atoms with Crippen LogP contribution in [0, 0.1) is 6.92 Å². The van der Waals surface area contributed by atoms with E-state index < -0.39 is 15.6 Å². The normalized spacial score (nSPS) is 11.7. The lowest BCUT2D eigenvalue weighted by Crippen LogP contribution is -2.45. The Labute approximate surface area is 125 Å². The maximum absolute atomic E-state index is 11.8. The van der Waals surface area contributed by atoms with Gasteiger partial charge in [-0.3, -0.25) is 4.79 Å². The number of hydrogen-bond acceptors (Lipinski definition) is 4. The van der Waals surface area contributed by atoms with Crippen molar-refractivity contribution in [1.29, 1.82) is 0 Å². The highest BCUT2D eigenvalue weighted by atomic mass is 35.5. The number of amides is 1. The number of carbonyl (C=O) groups is 1. The van der Waals surface area contributed by atoms with Crippen LogP contribution < -0.4 is 15.8 Å². The highest BCUT2D eigenvalue weighted by molar-refractivity contribution is 7.89. The van der Waals surface area contributed by atoms with Gasteiger partial charge in [0.25, 0.3) is 0 Å². The van der Waals surface area contributed by atoms with Gasteiger partial charge in [0.1, 0.15) is 0 Å². The van der Waals surface area contributed by atoms with Crippen molar-refractivity contribution in [3.8, 4) is 0 Å². The number of anilines is 1. The molecule has 0 aliphatic carbocycles. The number of nitrogens with one attached hydrogen (secondary N) is 2. The van der Waals surface area contributed by atoms with Crippen LogP contribution in [0.5, 0.6) is 0 Å². The molecular formula is C12H20ClN3O3S. The fraction of sp³-hybridized carbons (Fsp3) is 0.417. The summed E-state index contributed by atoms with van der Waals surface area (Å²) in [5.41, 5.74) is 5.54. The van der Waals surface area contributed by atoms with E-state index >= 15 is 0 Å². The van der Waals surface area contributed by atoms with Crippen LogP contribution in [0.15, 0.2) is 23.1 Å². The summed E-state index contributed by atoms with van der Waals surface area (Å²) in [5, 5.41) is 2.63. The molecule has 0 atom stereocenters. The third-order valence-corrected chi connectivity index (χ3v) is 4.23. The lowest BCUT2D eigenvalue weighted by molar-refractivity contribution is -0.120. The molecule has 0 fully saturated rings. The van der Waals surface area contributed by atoms with Gasteiger partial charge in [-0.1, -0.05) is 6.07 Å². The maximum atomic E-state index is 11.8. The Morgan fingerprint density at radius 1 is 1.30 bits per heavy atom. The van der Waals surface area contributed by atoms with E-state index in [0.29, 0.717) is 11.3 Å². The molecule has 0 bridgehead atoms. The first-order valence-corrected chi connectivity index (χ1v) is 7.21. The average molecular weight is 322 g/mol. The van der Waals surface area contributed by atoms with Crippen molar-refractivity contribution in [2.45, 2.75) is 31.2 Å². The van der Waals surface area contributed by atoms with Gasteiger partial charge in [-0.15, -0.1) is 12.4 Å². The van der Waals surface area contributed by atoms with Crippen molar-refractivity contribution in [1.82, 2.24) is 4.72 Å². The molecule has 0 heterocycles. The smallest absolute Gasteiger partial charge is 0.243 e. The van der Waals surface area contributed by atoms with Crippen LogP contribution >= 0.6 is 12.4 Å². The number of nitrogens with two attached hydrogens (primary N) is 1. The molecule has 8 heteroatoms. The van der Waals surface area contributed by atoms with Gasteiger partial charge in [-0.25, -0.2) is 13.1 Å². The van der Waals surface area contributed by atoms with Crippen molar-refractivity contribution in [2.24, 2.45) is 5.73 Å². The van der Waals surface area contributed by atoms with E-state index in [-0.39, 0.29) is 23.2 Å². The van der Waals surface area contributed by atoms with Crippen LogP contribution in [0.3, 0.4) is 0 Å². The van der Waals surface area contributed by atoms with Crippen molar-refractivity contribution in [2.75, 3.05) is 12.4 Å². The van der Waals surface area contributed by atoms with E-state index in [4.69, 9.17) is 5.73 Å². The van der Waals surface area contributed by atoms with Gasteiger partial charge in [0, 0.05) is 5.69 Å². The summed E-state index contributed by atoms with van der Waals surface area (Å²) in [6, 6.07) is 4.68. The number of sulfonamides is 1. The molecule has 0 aromatic heterocycles. The SMILES string of the molecule is CNS(=O)(=O)c1cccc(NC(=O)C(C)(C)N)c1C.Cl. The molecule has 1 amide bonds. The molecule has 114 valence electrons. The summed E-state index contributed by atoms with van der Waals surface area (Å²) < 4.78 is 25.9. The van der Waals surface area contributed by atoms with E-state index in [0.717, 1.165) is 0 Å². The molecule has 0 saturated carbocycles. The van der Waals surface area contributed by atoms with Gasteiger partial charge in [0.2, 0.25) is 15.9 Å². The van der Waals surface area contributed by atoms with Gasteiger partial charge in [0.15, 0.2) is 0 Å². The predicted molar refractivity (Wildman–Crippen MR) is 81.6 cm³/mol. The lowest BCUT2D eigenvalue weighted by atomic mass is 10.1. The Morgan fingerprint density at radius 3 is 2.30 bits per heavy atom. The minimum absolute atomic E-state index is 0. The van der Waals surface area contributed by atoms with E-state index in [1.54, 1.807) is 32.9 Å².